The zero-order valence-electron chi connectivity index (χ0n) is 13.9. The monoisotopic (exact) mass is 344 g/mol. The van der Waals surface area contributed by atoms with Crippen molar-refractivity contribution in [3.63, 3.8) is 0 Å². The number of nitrogens with zero attached hydrogens (tertiary/aromatic N) is 1. The Bertz CT molecular complexity index is 837. The number of aromatic amines is 1. The predicted molar refractivity (Wildman–Crippen MR) is 89.0 cm³/mol. The molecule has 0 aromatic carbocycles. The normalized spacial score (nSPS) is 15.4. The van der Waals surface area contributed by atoms with Crippen molar-refractivity contribution in [2.24, 2.45) is 5.73 Å². The fraction of sp³-hybridized carbons (Fsp3) is 0.412. The van der Waals surface area contributed by atoms with Gasteiger partial charge in [-0.1, -0.05) is 6.42 Å². The fourth-order valence-corrected chi connectivity index (χ4v) is 2.87. The maximum absolute atomic E-state index is 12.5. The quantitative estimate of drug-likeness (QED) is 0.712. The van der Waals surface area contributed by atoms with Crippen LogP contribution in [0.25, 0.3) is 0 Å². The van der Waals surface area contributed by atoms with Crippen LogP contribution < -0.4 is 16.7 Å². The summed E-state index contributed by atoms with van der Waals surface area (Å²) in [4.78, 5) is 43.1. The second kappa shape index (κ2) is 6.92. The largest absolute Gasteiger partial charge is 0.427 e. The summed E-state index contributed by atoms with van der Waals surface area (Å²) in [5.41, 5.74) is 5.74. The van der Waals surface area contributed by atoms with Crippen LogP contribution in [0.5, 0.6) is 0 Å². The number of hydrogen-bond acceptors (Lipinski definition) is 5. The third-order valence-electron chi connectivity index (χ3n) is 4.53. The first-order valence-electron chi connectivity index (χ1n) is 8.17. The maximum Gasteiger partial charge on any atom is 0.349 e. The molecule has 0 saturated heterocycles. The second-order valence-corrected chi connectivity index (χ2v) is 6.33. The lowest BCUT2D eigenvalue weighted by atomic mass is 9.83. The van der Waals surface area contributed by atoms with Gasteiger partial charge in [-0.3, -0.25) is 9.59 Å². The molecule has 1 aliphatic rings. The Hall–Kier alpha value is -2.90. The van der Waals surface area contributed by atoms with E-state index >= 15 is 0 Å². The number of aryl methyl sites for hydroxylation is 1. The predicted octanol–water partition coefficient (Wildman–Crippen LogP) is 0.765. The molecule has 1 aliphatic carbocycles. The first-order valence-corrected chi connectivity index (χ1v) is 8.17. The molecule has 8 heteroatoms. The van der Waals surface area contributed by atoms with Crippen molar-refractivity contribution in [1.29, 1.82) is 0 Å². The van der Waals surface area contributed by atoms with Crippen molar-refractivity contribution in [3.05, 3.63) is 51.6 Å². The molecule has 3 rings (SSSR count). The lowest BCUT2D eigenvalue weighted by molar-refractivity contribution is -0.119. The van der Waals surface area contributed by atoms with Crippen LogP contribution in [0.2, 0.25) is 0 Å². The molecule has 1 saturated carbocycles. The molecule has 25 heavy (non-hydrogen) atoms. The van der Waals surface area contributed by atoms with Crippen molar-refractivity contribution in [2.45, 2.75) is 44.6 Å². The lowest BCUT2D eigenvalue weighted by Crippen LogP contribution is -2.47. The molecule has 0 radical (unpaired) electrons. The van der Waals surface area contributed by atoms with E-state index in [0.717, 1.165) is 19.3 Å². The van der Waals surface area contributed by atoms with Gasteiger partial charge in [0, 0.05) is 24.2 Å². The van der Waals surface area contributed by atoms with Gasteiger partial charge in [-0.2, -0.15) is 0 Å². The van der Waals surface area contributed by atoms with Crippen molar-refractivity contribution in [2.75, 3.05) is 0 Å². The molecule has 0 spiro atoms. The molecule has 4 N–H and O–H groups in total. The third kappa shape index (κ3) is 3.62. The Kier molecular flexibility index (Phi) is 4.69. The minimum Gasteiger partial charge on any atom is -0.427 e. The number of aromatic nitrogens is 2. The number of carbonyl (C=O) groups is 2. The number of hydrogen-bond donors (Lipinski definition) is 3. The van der Waals surface area contributed by atoms with Gasteiger partial charge in [0.15, 0.2) is 0 Å². The number of carbonyl (C=O) groups excluding carboxylic acids is 2. The first kappa shape index (κ1) is 16.9. The molecule has 132 valence electrons. The van der Waals surface area contributed by atoms with E-state index in [2.05, 4.69) is 15.3 Å². The summed E-state index contributed by atoms with van der Waals surface area (Å²) in [6, 6.07) is 0.770. The van der Waals surface area contributed by atoms with Gasteiger partial charge in [-0.15, -0.1) is 0 Å². The second-order valence-electron chi connectivity index (χ2n) is 6.33. The van der Waals surface area contributed by atoms with Gasteiger partial charge in [0.1, 0.15) is 17.4 Å². The van der Waals surface area contributed by atoms with Crippen molar-refractivity contribution >= 4 is 11.8 Å². The molecule has 2 aromatic heterocycles. The Labute approximate surface area is 143 Å². The Morgan fingerprint density at radius 2 is 2.24 bits per heavy atom. The molecule has 2 aromatic rings. The average Bonchev–Trinajstić information content (AvgIpc) is 2.96. The minimum atomic E-state index is -0.960. The number of rotatable bonds is 6. The zero-order valence-corrected chi connectivity index (χ0v) is 13.9. The van der Waals surface area contributed by atoms with Gasteiger partial charge in [0.05, 0.1) is 6.33 Å². The molecule has 0 bridgehead atoms. The van der Waals surface area contributed by atoms with Crippen LogP contribution in [0.3, 0.4) is 0 Å². The number of nitrogens with one attached hydrogen (secondary N) is 2. The van der Waals surface area contributed by atoms with Gasteiger partial charge in [-0.05, 0) is 31.4 Å². The Balaban J connectivity index is 1.79. The minimum absolute atomic E-state index is 0.0982. The average molecular weight is 344 g/mol. The SMILES string of the molecule is Cc1cc(C2CCC2)oc(=O)c1C(=O)N[C@@H](Cc1cnc[nH]1)C(N)=O. The van der Waals surface area contributed by atoms with Crippen molar-refractivity contribution in [1.82, 2.24) is 15.3 Å². The molecule has 8 nitrogen and oxygen atoms in total. The molecule has 1 fully saturated rings. The van der Waals surface area contributed by atoms with E-state index in [1.807, 2.05) is 0 Å². The number of H-pyrrole nitrogens is 1. The highest BCUT2D eigenvalue weighted by atomic mass is 16.4. The molecule has 0 unspecified atom stereocenters. The van der Waals surface area contributed by atoms with Crippen LogP contribution in [0, 0.1) is 6.92 Å². The van der Waals surface area contributed by atoms with E-state index in [1.165, 1.54) is 12.5 Å². The number of nitrogens with two attached hydrogens (primary N) is 1. The standard InChI is InChI=1S/C17H20N4O4/c1-9-5-13(10-3-2-4-10)25-17(24)14(9)16(23)21-12(15(18)22)6-11-7-19-8-20-11/h5,7-8,10,12H,2-4,6H2,1H3,(H2,18,22)(H,19,20)(H,21,23)/t12-/m0/s1. The van der Waals surface area contributed by atoms with E-state index in [-0.39, 0.29) is 17.9 Å². The first-order chi connectivity index (χ1) is 12.0. The van der Waals surface area contributed by atoms with Gasteiger partial charge >= 0.3 is 5.63 Å². The summed E-state index contributed by atoms with van der Waals surface area (Å²) in [6.45, 7) is 1.68. The van der Waals surface area contributed by atoms with Crippen molar-refractivity contribution in [3.8, 4) is 0 Å². The topological polar surface area (TPSA) is 131 Å². The van der Waals surface area contributed by atoms with E-state index in [1.54, 1.807) is 13.0 Å². The number of primary amides is 1. The van der Waals surface area contributed by atoms with E-state index < -0.39 is 23.5 Å². The maximum atomic E-state index is 12.5. The summed E-state index contributed by atoms with van der Waals surface area (Å²) in [7, 11) is 0. The van der Waals surface area contributed by atoms with E-state index in [0.29, 0.717) is 17.0 Å². The van der Waals surface area contributed by atoms with Crippen LogP contribution in [-0.2, 0) is 11.2 Å². The molecule has 1 atom stereocenters. The summed E-state index contributed by atoms with van der Waals surface area (Å²) >= 11 is 0. The number of amides is 2. The Morgan fingerprint density at radius 1 is 1.48 bits per heavy atom. The zero-order chi connectivity index (χ0) is 18.0. The summed E-state index contributed by atoms with van der Waals surface area (Å²) in [5.74, 6) is -0.498. The molecular weight excluding hydrogens is 324 g/mol. The van der Waals surface area contributed by atoms with Gasteiger partial charge in [0.2, 0.25) is 5.91 Å². The van der Waals surface area contributed by atoms with Crippen LogP contribution >= 0.6 is 0 Å². The fourth-order valence-electron chi connectivity index (χ4n) is 2.87. The smallest absolute Gasteiger partial charge is 0.349 e. The van der Waals surface area contributed by atoms with Gasteiger partial charge in [-0.25, -0.2) is 9.78 Å². The third-order valence-corrected chi connectivity index (χ3v) is 4.53. The van der Waals surface area contributed by atoms with Crippen LogP contribution in [0.4, 0.5) is 0 Å². The summed E-state index contributed by atoms with van der Waals surface area (Å²) in [6.07, 6.45) is 6.25. The van der Waals surface area contributed by atoms with Crippen LogP contribution in [-0.4, -0.2) is 27.8 Å². The highest BCUT2D eigenvalue weighted by molar-refractivity contribution is 5.98. The summed E-state index contributed by atoms with van der Waals surface area (Å²) in [5, 5.41) is 2.51. The highest BCUT2D eigenvalue weighted by Gasteiger charge is 2.27. The van der Waals surface area contributed by atoms with Crippen molar-refractivity contribution < 1.29 is 14.0 Å². The summed E-state index contributed by atoms with van der Waals surface area (Å²) < 4.78 is 5.31. The molecule has 0 aliphatic heterocycles. The van der Waals surface area contributed by atoms with Gasteiger partial charge in [0.25, 0.3) is 5.91 Å². The Morgan fingerprint density at radius 3 is 2.76 bits per heavy atom. The van der Waals surface area contributed by atoms with Gasteiger partial charge < -0.3 is 20.5 Å². The molecule has 2 amide bonds. The lowest BCUT2D eigenvalue weighted by Gasteiger charge is -2.24. The highest BCUT2D eigenvalue weighted by Crippen LogP contribution is 2.36. The van der Waals surface area contributed by atoms with Crippen LogP contribution in [0.1, 0.15) is 52.6 Å². The van der Waals surface area contributed by atoms with Crippen LogP contribution in [0.15, 0.2) is 27.8 Å². The molecule has 2 heterocycles. The van der Waals surface area contributed by atoms with E-state index in [9.17, 15) is 14.4 Å². The molecular formula is C17H20N4O4. The number of imidazole rings is 1. The van der Waals surface area contributed by atoms with E-state index in [4.69, 9.17) is 10.2 Å².